The molecule has 1 unspecified atom stereocenters. The molecule has 110 valence electrons. The van der Waals surface area contributed by atoms with E-state index in [9.17, 15) is 4.79 Å². The van der Waals surface area contributed by atoms with Crippen LogP contribution < -0.4 is 5.32 Å². The van der Waals surface area contributed by atoms with Crippen molar-refractivity contribution in [2.24, 2.45) is 5.41 Å². The molecule has 1 aliphatic rings. The molecule has 1 aliphatic heterocycles. The van der Waals surface area contributed by atoms with E-state index in [0.29, 0.717) is 22.0 Å². The van der Waals surface area contributed by atoms with Gasteiger partial charge in [0.2, 0.25) is 0 Å². The van der Waals surface area contributed by atoms with E-state index in [1.807, 2.05) is 11.8 Å². The number of halogens is 1. The summed E-state index contributed by atoms with van der Waals surface area (Å²) >= 11 is 7.98. The Kier molecular flexibility index (Phi) is 4.86. The summed E-state index contributed by atoms with van der Waals surface area (Å²) in [6.45, 7) is 4.54. The van der Waals surface area contributed by atoms with Crippen molar-refractivity contribution in [3.05, 3.63) is 28.8 Å². The van der Waals surface area contributed by atoms with E-state index < -0.39 is 0 Å². The fraction of sp³-hybridized carbons (Fsp3) is 0.533. The minimum Gasteiger partial charge on any atom is -0.465 e. The topological polar surface area (TPSA) is 38.3 Å². The maximum atomic E-state index is 11.8. The smallest absolute Gasteiger partial charge is 0.339 e. The average Bonchev–Trinajstić information content (AvgIpc) is 2.37. The fourth-order valence-corrected chi connectivity index (χ4v) is 3.94. The number of hydrogen-bond donors (Lipinski definition) is 1. The van der Waals surface area contributed by atoms with Gasteiger partial charge in [-0.3, -0.25) is 0 Å². The molecule has 0 aromatic heterocycles. The van der Waals surface area contributed by atoms with Gasteiger partial charge in [-0.05, 0) is 35.8 Å². The second kappa shape index (κ2) is 6.27. The Hall–Kier alpha value is -0.870. The van der Waals surface area contributed by atoms with Gasteiger partial charge in [0.15, 0.2) is 0 Å². The van der Waals surface area contributed by atoms with E-state index in [1.54, 1.807) is 18.2 Å². The lowest BCUT2D eigenvalue weighted by atomic mass is 9.87. The summed E-state index contributed by atoms with van der Waals surface area (Å²) in [7, 11) is 1.39. The summed E-state index contributed by atoms with van der Waals surface area (Å²) in [6.07, 6.45) is 1.08. The van der Waals surface area contributed by atoms with Crippen molar-refractivity contribution in [2.75, 3.05) is 23.9 Å². The molecule has 1 atom stereocenters. The third kappa shape index (κ3) is 3.83. The van der Waals surface area contributed by atoms with E-state index in [1.165, 1.54) is 12.9 Å². The van der Waals surface area contributed by atoms with Crippen LogP contribution in [0.25, 0.3) is 0 Å². The number of benzene rings is 1. The van der Waals surface area contributed by atoms with Crippen LogP contribution in [0.5, 0.6) is 0 Å². The molecule has 1 fully saturated rings. The minimum atomic E-state index is -0.341. The van der Waals surface area contributed by atoms with Crippen molar-refractivity contribution in [3.63, 3.8) is 0 Å². The van der Waals surface area contributed by atoms with Crippen molar-refractivity contribution >= 4 is 35.0 Å². The van der Waals surface area contributed by atoms with Crippen LogP contribution in [-0.4, -0.2) is 30.6 Å². The summed E-state index contributed by atoms with van der Waals surface area (Å²) in [4.78, 5) is 11.8. The van der Waals surface area contributed by atoms with Crippen LogP contribution in [0.15, 0.2) is 18.2 Å². The lowest BCUT2D eigenvalue weighted by molar-refractivity contribution is 0.0602. The quantitative estimate of drug-likeness (QED) is 0.854. The lowest BCUT2D eigenvalue weighted by Gasteiger charge is -2.35. The summed E-state index contributed by atoms with van der Waals surface area (Å²) in [5.41, 5.74) is 1.60. The maximum Gasteiger partial charge on any atom is 0.339 e. The van der Waals surface area contributed by atoms with Crippen molar-refractivity contribution in [3.8, 4) is 0 Å². The van der Waals surface area contributed by atoms with Gasteiger partial charge in [-0.15, -0.1) is 0 Å². The highest BCUT2D eigenvalue weighted by Gasteiger charge is 2.29. The molecular formula is C15H20ClNO2S. The third-order valence-corrected chi connectivity index (χ3v) is 5.22. The number of esters is 1. The van der Waals surface area contributed by atoms with Gasteiger partial charge in [-0.25, -0.2) is 4.79 Å². The first kappa shape index (κ1) is 15.5. The Labute approximate surface area is 129 Å². The van der Waals surface area contributed by atoms with Crippen molar-refractivity contribution in [1.82, 2.24) is 0 Å². The van der Waals surface area contributed by atoms with Crippen molar-refractivity contribution < 1.29 is 9.53 Å². The van der Waals surface area contributed by atoms with Crippen LogP contribution in [0.4, 0.5) is 5.69 Å². The number of methoxy groups -OCH3 is 1. The molecular weight excluding hydrogens is 294 g/mol. The first-order valence-electron chi connectivity index (χ1n) is 6.63. The Balaban J connectivity index is 2.19. The number of carbonyl (C=O) groups is 1. The molecule has 0 radical (unpaired) electrons. The van der Waals surface area contributed by atoms with Gasteiger partial charge in [0.1, 0.15) is 0 Å². The van der Waals surface area contributed by atoms with Crippen molar-refractivity contribution in [1.29, 1.82) is 0 Å². The maximum absolute atomic E-state index is 11.8. The van der Waals surface area contributed by atoms with Crippen LogP contribution in [0.1, 0.15) is 30.6 Å². The fourth-order valence-electron chi connectivity index (χ4n) is 2.50. The van der Waals surface area contributed by atoms with Crippen LogP contribution in [0.3, 0.4) is 0 Å². The van der Waals surface area contributed by atoms with Gasteiger partial charge < -0.3 is 10.1 Å². The van der Waals surface area contributed by atoms with Gasteiger partial charge >= 0.3 is 5.97 Å². The largest absolute Gasteiger partial charge is 0.465 e. The molecule has 0 amide bonds. The van der Waals surface area contributed by atoms with Gasteiger partial charge in [0.05, 0.1) is 18.4 Å². The summed E-state index contributed by atoms with van der Waals surface area (Å²) in [6, 6.07) is 5.54. The Morgan fingerprint density at radius 3 is 2.90 bits per heavy atom. The molecule has 1 heterocycles. The molecule has 5 heteroatoms. The number of anilines is 1. The molecule has 1 aromatic rings. The number of ether oxygens (including phenoxy) is 1. The second-order valence-corrected chi connectivity index (χ2v) is 7.37. The van der Waals surface area contributed by atoms with Gasteiger partial charge in [0, 0.05) is 16.8 Å². The Morgan fingerprint density at radius 1 is 1.50 bits per heavy atom. The zero-order chi connectivity index (χ0) is 14.8. The molecule has 0 saturated carbocycles. The van der Waals surface area contributed by atoms with Crippen LogP contribution >= 0.6 is 23.4 Å². The summed E-state index contributed by atoms with van der Waals surface area (Å²) < 4.78 is 4.82. The summed E-state index contributed by atoms with van der Waals surface area (Å²) in [5.74, 6) is 1.87. The Morgan fingerprint density at radius 2 is 2.25 bits per heavy atom. The normalized spacial score (nSPS) is 21.3. The average molecular weight is 314 g/mol. The molecule has 0 aliphatic carbocycles. The molecule has 2 rings (SSSR count). The highest BCUT2D eigenvalue weighted by molar-refractivity contribution is 7.99. The molecule has 3 nitrogen and oxygen atoms in total. The van der Waals surface area contributed by atoms with Crippen LogP contribution in [0, 0.1) is 5.41 Å². The van der Waals surface area contributed by atoms with Gasteiger partial charge in [-0.1, -0.05) is 25.4 Å². The zero-order valence-electron chi connectivity index (χ0n) is 12.0. The number of rotatable bonds is 3. The Bertz CT molecular complexity index is 505. The van der Waals surface area contributed by atoms with Gasteiger partial charge in [-0.2, -0.15) is 11.8 Å². The lowest BCUT2D eigenvalue weighted by Crippen LogP contribution is -2.35. The highest BCUT2D eigenvalue weighted by atomic mass is 35.5. The molecule has 1 aromatic carbocycles. The second-order valence-electron chi connectivity index (χ2n) is 5.91. The highest BCUT2D eigenvalue weighted by Crippen LogP contribution is 2.35. The number of hydrogen-bond acceptors (Lipinski definition) is 4. The SMILES string of the molecule is COC(=O)c1ccc(Cl)cc1NC1CSCC(C)(C)C1. The number of thioether (sulfide) groups is 1. The predicted octanol–water partition coefficient (Wildman–Crippen LogP) is 4.07. The standard InChI is InChI=1S/C15H20ClNO2S/c1-15(2)7-11(8-20-9-15)17-13-6-10(16)4-5-12(13)14(18)19-3/h4-6,11,17H,7-9H2,1-3H3. The molecule has 0 spiro atoms. The molecule has 0 bridgehead atoms. The van der Waals surface area contributed by atoms with E-state index >= 15 is 0 Å². The van der Waals surface area contributed by atoms with E-state index in [-0.39, 0.29) is 5.97 Å². The monoisotopic (exact) mass is 313 g/mol. The molecule has 20 heavy (non-hydrogen) atoms. The molecule has 1 saturated heterocycles. The first-order valence-corrected chi connectivity index (χ1v) is 8.17. The summed E-state index contributed by atoms with van der Waals surface area (Å²) in [5, 5.41) is 4.07. The number of nitrogens with one attached hydrogen (secondary N) is 1. The first-order chi connectivity index (χ1) is 9.41. The van der Waals surface area contributed by atoms with Crippen LogP contribution in [-0.2, 0) is 4.74 Å². The predicted molar refractivity (Wildman–Crippen MR) is 85.9 cm³/mol. The van der Waals surface area contributed by atoms with E-state index in [2.05, 4.69) is 19.2 Å². The van der Waals surface area contributed by atoms with E-state index in [4.69, 9.17) is 16.3 Å². The van der Waals surface area contributed by atoms with Crippen molar-refractivity contribution in [2.45, 2.75) is 26.3 Å². The third-order valence-electron chi connectivity index (χ3n) is 3.36. The molecule has 1 N–H and O–H groups in total. The number of carbonyl (C=O) groups excluding carboxylic acids is 1. The van der Waals surface area contributed by atoms with Gasteiger partial charge in [0.25, 0.3) is 0 Å². The van der Waals surface area contributed by atoms with E-state index in [0.717, 1.165) is 17.9 Å². The zero-order valence-corrected chi connectivity index (χ0v) is 13.6. The minimum absolute atomic E-state index is 0.310. The van der Waals surface area contributed by atoms with Crippen LogP contribution in [0.2, 0.25) is 5.02 Å².